The number of halogens is 2. The Morgan fingerprint density at radius 2 is 1.85 bits per heavy atom. The second-order valence-electron chi connectivity index (χ2n) is 8.75. The molecular weight excluding hydrogens is 650 g/mol. The molecule has 8 nitrogen and oxygen atoms in total. The van der Waals surface area contributed by atoms with Crippen LogP contribution in [0.1, 0.15) is 29.7 Å². The Morgan fingerprint density at radius 3 is 2.56 bits per heavy atom. The average Bonchev–Trinajstić information content (AvgIpc) is 3.55. The summed E-state index contributed by atoms with van der Waals surface area (Å²) in [5, 5.41) is 20.8. The Morgan fingerprint density at radius 1 is 1.10 bits per heavy atom. The Balaban J connectivity index is 1.58. The van der Waals surface area contributed by atoms with Crippen LogP contribution >= 0.6 is 50.6 Å². The van der Waals surface area contributed by atoms with Gasteiger partial charge in [0, 0.05) is 20.8 Å². The summed E-state index contributed by atoms with van der Waals surface area (Å²) in [6.07, 6.45) is 0. The van der Waals surface area contributed by atoms with E-state index in [9.17, 15) is 14.7 Å². The fourth-order valence-corrected chi connectivity index (χ4v) is 6.77. The monoisotopic (exact) mass is 671 g/mol. The quantitative estimate of drug-likeness (QED) is 0.0651. The lowest BCUT2D eigenvalue weighted by molar-refractivity contribution is -0.132. The molecule has 5 rings (SSSR count). The van der Waals surface area contributed by atoms with Crippen LogP contribution in [-0.4, -0.2) is 40.7 Å². The van der Waals surface area contributed by atoms with Gasteiger partial charge in [-0.3, -0.25) is 14.5 Å². The van der Waals surface area contributed by atoms with E-state index in [4.69, 9.17) is 21.1 Å². The number of methoxy groups -OCH3 is 1. The van der Waals surface area contributed by atoms with Crippen molar-refractivity contribution in [2.75, 3.05) is 18.6 Å². The number of thioether (sulfide) groups is 1. The van der Waals surface area contributed by atoms with Crippen LogP contribution in [0.5, 0.6) is 11.5 Å². The second-order valence-corrected chi connectivity index (χ2v) is 12.3. The van der Waals surface area contributed by atoms with Crippen molar-refractivity contribution in [2.45, 2.75) is 23.1 Å². The topological polar surface area (TPSA) is 102 Å². The number of anilines is 1. The number of hydrogen-bond donors (Lipinski definition) is 1. The summed E-state index contributed by atoms with van der Waals surface area (Å²) in [6, 6.07) is 18.5. The van der Waals surface area contributed by atoms with Gasteiger partial charge in [0.15, 0.2) is 15.8 Å². The number of carbonyl (C=O) groups is 2. The van der Waals surface area contributed by atoms with E-state index >= 15 is 0 Å². The molecule has 12 heteroatoms. The molecule has 1 aromatic heterocycles. The van der Waals surface area contributed by atoms with Gasteiger partial charge in [-0.25, -0.2) is 0 Å². The molecule has 1 saturated heterocycles. The number of nitrogens with zero attached hydrogens (tertiary/aromatic N) is 3. The van der Waals surface area contributed by atoms with Crippen molar-refractivity contribution in [2.24, 2.45) is 0 Å². The van der Waals surface area contributed by atoms with Crippen LogP contribution < -0.4 is 14.4 Å². The molecule has 1 amide bonds. The zero-order chi connectivity index (χ0) is 29.1. The summed E-state index contributed by atoms with van der Waals surface area (Å²) in [7, 11) is 1.51. The lowest BCUT2D eigenvalue weighted by Crippen LogP contribution is -2.29. The molecule has 1 N–H and O–H groups in total. The molecule has 3 aromatic carbocycles. The highest BCUT2D eigenvalue weighted by atomic mass is 79.9. The predicted molar refractivity (Wildman–Crippen MR) is 164 cm³/mol. The summed E-state index contributed by atoms with van der Waals surface area (Å²) in [5.41, 5.74) is 1.79. The first kappa shape index (κ1) is 29.1. The van der Waals surface area contributed by atoms with Crippen molar-refractivity contribution < 1.29 is 24.2 Å². The smallest absolute Gasteiger partial charge is 0.301 e. The fraction of sp³-hybridized carbons (Fsp3) is 0.172. The van der Waals surface area contributed by atoms with Gasteiger partial charge < -0.3 is 14.6 Å². The largest absolute Gasteiger partial charge is 0.507 e. The van der Waals surface area contributed by atoms with Gasteiger partial charge in [0.2, 0.25) is 5.13 Å². The van der Waals surface area contributed by atoms with Gasteiger partial charge in [0.1, 0.15) is 5.76 Å². The van der Waals surface area contributed by atoms with Crippen LogP contribution in [0.15, 0.2) is 81.1 Å². The van der Waals surface area contributed by atoms with Gasteiger partial charge in [0.05, 0.1) is 25.3 Å². The molecule has 1 fully saturated rings. The normalized spacial score (nSPS) is 16.3. The highest BCUT2D eigenvalue weighted by Gasteiger charge is 2.48. The van der Waals surface area contributed by atoms with Crippen LogP contribution in [0.4, 0.5) is 5.13 Å². The Labute approximate surface area is 258 Å². The van der Waals surface area contributed by atoms with Crippen molar-refractivity contribution in [1.29, 1.82) is 0 Å². The molecule has 4 aromatic rings. The highest BCUT2D eigenvalue weighted by Crippen LogP contribution is 2.45. The van der Waals surface area contributed by atoms with Gasteiger partial charge in [-0.1, -0.05) is 87.0 Å². The standard InChI is InChI=1S/C29H23BrClN3O5S2/c1-3-39-21-13-10-17(14-22(21)38-2)24-23(25(35)16-8-11-19(30)12-9-16)26(36)27(37)34(24)28-32-33-29(41-28)40-15-18-6-4-5-7-20(18)31/h4-14,24,35H,3,15H2,1-2H3/b25-23-. The highest BCUT2D eigenvalue weighted by molar-refractivity contribution is 9.10. The van der Waals surface area contributed by atoms with E-state index in [0.29, 0.717) is 44.3 Å². The zero-order valence-electron chi connectivity index (χ0n) is 21.8. The van der Waals surface area contributed by atoms with Crippen molar-refractivity contribution in [3.8, 4) is 11.5 Å². The minimum absolute atomic E-state index is 0.0657. The number of aliphatic hydroxyl groups excluding tert-OH is 1. The summed E-state index contributed by atoms with van der Waals surface area (Å²) < 4.78 is 12.6. The molecule has 0 spiro atoms. The maximum absolute atomic E-state index is 13.5. The number of ether oxygens (including phenoxy) is 2. The van der Waals surface area contributed by atoms with E-state index in [1.807, 2.05) is 31.2 Å². The van der Waals surface area contributed by atoms with Crippen LogP contribution in [0.3, 0.4) is 0 Å². The van der Waals surface area contributed by atoms with Gasteiger partial charge >= 0.3 is 5.91 Å². The molecule has 1 aliphatic heterocycles. The average molecular weight is 673 g/mol. The maximum atomic E-state index is 13.5. The Bertz CT molecular complexity index is 1640. The van der Waals surface area contributed by atoms with Crippen molar-refractivity contribution in [3.05, 3.63) is 98.5 Å². The SMILES string of the molecule is CCOc1ccc(C2/C(=C(/O)c3ccc(Br)cc3)C(=O)C(=O)N2c2nnc(SCc3ccccc3Cl)s2)cc1OC. The first-order chi connectivity index (χ1) is 19.8. The second kappa shape index (κ2) is 12.6. The molecule has 0 saturated carbocycles. The number of carbonyl (C=O) groups excluding carboxylic acids is 2. The first-order valence-electron chi connectivity index (χ1n) is 12.4. The predicted octanol–water partition coefficient (Wildman–Crippen LogP) is 7.28. The number of ketones is 1. The van der Waals surface area contributed by atoms with E-state index in [2.05, 4.69) is 26.1 Å². The van der Waals surface area contributed by atoms with Gasteiger partial charge in [-0.2, -0.15) is 0 Å². The Kier molecular flexibility index (Phi) is 8.98. The summed E-state index contributed by atoms with van der Waals surface area (Å²) in [6.45, 7) is 2.29. The van der Waals surface area contributed by atoms with Crippen molar-refractivity contribution in [1.82, 2.24) is 10.2 Å². The van der Waals surface area contributed by atoms with Gasteiger partial charge in [0.25, 0.3) is 5.78 Å². The van der Waals surface area contributed by atoms with Crippen LogP contribution in [0.25, 0.3) is 5.76 Å². The summed E-state index contributed by atoms with van der Waals surface area (Å²) in [5.74, 6) is -0.460. The molecule has 41 heavy (non-hydrogen) atoms. The van der Waals surface area contributed by atoms with E-state index in [1.165, 1.54) is 35.1 Å². The maximum Gasteiger partial charge on any atom is 0.301 e. The third-order valence-corrected chi connectivity index (χ3v) is 9.28. The third-order valence-electron chi connectivity index (χ3n) is 6.28. The molecule has 210 valence electrons. The van der Waals surface area contributed by atoms with Crippen LogP contribution in [-0.2, 0) is 15.3 Å². The first-order valence-corrected chi connectivity index (χ1v) is 15.4. The Hall–Kier alpha value is -3.38. The number of rotatable bonds is 9. The lowest BCUT2D eigenvalue weighted by Gasteiger charge is -2.23. The van der Waals surface area contributed by atoms with E-state index < -0.39 is 17.7 Å². The molecule has 0 radical (unpaired) electrons. The third kappa shape index (κ3) is 5.99. The van der Waals surface area contributed by atoms with E-state index in [-0.39, 0.29) is 16.5 Å². The van der Waals surface area contributed by atoms with Gasteiger partial charge in [-0.15, -0.1) is 10.2 Å². The molecule has 0 bridgehead atoms. The molecule has 2 heterocycles. The summed E-state index contributed by atoms with van der Waals surface area (Å²) >= 11 is 12.3. The van der Waals surface area contributed by atoms with Crippen molar-refractivity contribution >= 4 is 73.2 Å². The molecule has 0 aliphatic carbocycles. The minimum Gasteiger partial charge on any atom is -0.507 e. The number of amides is 1. The molecule has 1 atom stereocenters. The minimum atomic E-state index is -0.988. The molecular formula is C29H23BrClN3O5S2. The number of aromatic nitrogens is 2. The number of Topliss-reactive ketones (excluding diaryl/α,β-unsaturated/α-hetero) is 1. The number of hydrogen-bond acceptors (Lipinski definition) is 9. The van der Waals surface area contributed by atoms with Gasteiger partial charge in [-0.05, 0) is 48.4 Å². The molecule has 1 unspecified atom stereocenters. The number of aliphatic hydroxyl groups is 1. The van der Waals surface area contributed by atoms with Crippen molar-refractivity contribution in [3.63, 3.8) is 0 Å². The van der Waals surface area contributed by atoms with Crippen LogP contribution in [0, 0.1) is 0 Å². The summed E-state index contributed by atoms with van der Waals surface area (Å²) in [4.78, 5) is 28.3. The molecule has 1 aliphatic rings. The van der Waals surface area contributed by atoms with E-state index in [0.717, 1.165) is 10.0 Å². The number of benzene rings is 3. The lowest BCUT2D eigenvalue weighted by atomic mass is 9.95. The fourth-order valence-electron chi connectivity index (χ4n) is 4.35. The van der Waals surface area contributed by atoms with E-state index in [1.54, 1.807) is 42.5 Å². The van der Waals surface area contributed by atoms with Crippen LogP contribution in [0.2, 0.25) is 5.02 Å². The zero-order valence-corrected chi connectivity index (χ0v) is 25.8.